The van der Waals surface area contributed by atoms with Gasteiger partial charge >= 0.3 is 0 Å². The van der Waals surface area contributed by atoms with Crippen LogP contribution < -0.4 is 11.1 Å². The van der Waals surface area contributed by atoms with E-state index in [0.717, 1.165) is 35.4 Å². The number of primary amides is 1. The van der Waals surface area contributed by atoms with Crippen LogP contribution in [0, 0.1) is 18.6 Å². The maximum absolute atomic E-state index is 13.7. The summed E-state index contributed by atoms with van der Waals surface area (Å²) in [5, 5.41) is 7.06. The number of nitrogens with two attached hydrogens (primary N) is 1. The lowest BCUT2D eigenvalue weighted by Gasteiger charge is -2.09. The Bertz CT molecular complexity index is 1150. The van der Waals surface area contributed by atoms with Gasteiger partial charge in [0.05, 0.1) is 16.9 Å². The standard InChI is InChI=1S/C21H18F2N4O2/c1-11-5-8-17(14(9-11)20(24)28)25-21(29)19-13-3-2-4-18(13)27(26-19)12-6-7-15(22)16(23)10-12/h5-10H,2-4H2,1H3,(H2,24,28)(H,25,29). The van der Waals surface area contributed by atoms with Crippen molar-refractivity contribution in [2.45, 2.75) is 26.2 Å². The summed E-state index contributed by atoms with van der Waals surface area (Å²) < 4.78 is 28.4. The van der Waals surface area contributed by atoms with Crippen molar-refractivity contribution in [3.05, 3.63) is 76.1 Å². The number of aryl methyl sites for hydroxylation is 1. The number of benzene rings is 2. The van der Waals surface area contributed by atoms with E-state index in [0.29, 0.717) is 24.2 Å². The largest absolute Gasteiger partial charge is 0.366 e. The molecule has 0 saturated carbocycles. The van der Waals surface area contributed by atoms with Crippen LogP contribution in [0.3, 0.4) is 0 Å². The van der Waals surface area contributed by atoms with Gasteiger partial charge in [0.1, 0.15) is 0 Å². The molecule has 0 aliphatic heterocycles. The monoisotopic (exact) mass is 396 g/mol. The molecule has 0 unspecified atom stereocenters. The Hall–Kier alpha value is -3.55. The second-order valence-electron chi connectivity index (χ2n) is 7.01. The molecule has 0 atom stereocenters. The fraction of sp³-hybridized carbons (Fsp3) is 0.190. The van der Waals surface area contributed by atoms with Gasteiger partial charge in [0.25, 0.3) is 11.8 Å². The second kappa shape index (κ2) is 7.12. The highest BCUT2D eigenvalue weighted by atomic mass is 19.2. The lowest BCUT2D eigenvalue weighted by Crippen LogP contribution is -2.19. The van der Waals surface area contributed by atoms with E-state index in [1.807, 2.05) is 6.92 Å². The number of carbonyl (C=O) groups excluding carboxylic acids is 2. The van der Waals surface area contributed by atoms with E-state index in [9.17, 15) is 18.4 Å². The number of fused-ring (bicyclic) bond motifs is 1. The van der Waals surface area contributed by atoms with Crippen LogP contribution in [-0.2, 0) is 12.8 Å². The van der Waals surface area contributed by atoms with Crippen LogP contribution in [0.2, 0.25) is 0 Å². The summed E-state index contributed by atoms with van der Waals surface area (Å²) in [4.78, 5) is 24.6. The number of rotatable bonds is 4. The van der Waals surface area contributed by atoms with Crippen molar-refractivity contribution >= 4 is 17.5 Å². The molecule has 6 nitrogen and oxygen atoms in total. The van der Waals surface area contributed by atoms with E-state index in [4.69, 9.17) is 5.73 Å². The molecule has 0 bridgehead atoms. The minimum atomic E-state index is -0.985. The number of halogens is 2. The second-order valence-corrected chi connectivity index (χ2v) is 7.01. The molecule has 0 radical (unpaired) electrons. The summed E-state index contributed by atoms with van der Waals surface area (Å²) >= 11 is 0. The van der Waals surface area contributed by atoms with E-state index in [1.54, 1.807) is 18.2 Å². The molecule has 148 valence electrons. The first kappa shape index (κ1) is 18.8. The van der Waals surface area contributed by atoms with Gasteiger partial charge in [0, 0.05) is 17.3 Å². The average molecular weight is 396 g/mol. The zero-order valence-electron chi connectivity index (χ0n) is 15.6. The lowest BCUT2D eigenvalue weighted by atomic mass is 10.1. The highest BCUT2D eigenvalue weighted by Crippen LogP contribution is 2.29. The summed E-state index contributed by atoms with van der Waals surface area (Å²) in [5.41, 5.74) is 8.84. The molecule has 1 aliphatic rings. The molecule has 0 saturated heterocycles. The lowest BCUT2D eigenvalue weighted by molar-refractivity contribution is 0.100. The summed E-state index contributed by atoms with van der Waals surface area (Å²) in [6.07, 6.45) is 2.15. The Kier molecular flexibility index (Phi) is 4.62. The normalized spacial score (nSPS) is 12.7. The number of hydrogen-bond donors (Lipinski definition) is 2. The third kappa shape index (κ3) is 3.37. The van der Waals surface area contributed by atoms with Crippen molar-refractivity contribution in [3.63, 3.8) is 0 Å². The summed E-state index contributed by atoms with van der Waals surface area (Å²) in [6.45, 7) is 1.81. The molecular formula is C21H18F2N4O2. The third-order valence-corrected chi connectivity index (χ3v) is 4.98. The molecule has 8 heteroatoms. The van der Waals surface area contributed by atoms with Gasteiger partial charge in [-0.1, -0.05) is 11.6 Å². The molecule has 29 heavy (non-hydrogen) atoms. The number of hydrogen-bond acceptors (Lipinski definition) is 3. The van der Waals surface area contributed by atoms with E-state index in [1.165, 1.54) is 10.7 Å². The van der Waals surface area contributed by atoms with Crippen LogP contribution >= 0.6 is 0 Å². The first-order valence-corrected chi connectivity index (χ1v) is 9.13. The minimum Gasteiger partial charge on any atom is -0.366 e. The van der Waals surface area contributed by atoms with Gasteiger partial charge < -0.3 is 11.1 Å². The van der Waals surface area contributed by atoms with Gasteiger partial charge in [-0.3, -0.25) is 9.59 Å². The van der Waals surface area contributed by atoms with Crippen molar-refractivity contribution in [2.24, 2.45) is 5.73 Å². The molecule has 2 aromatic carbocycles. The van der Waals surface area contributed by atoms with Gasteiger partial charge in [-0.05, 0) is 50.5 Å². The summed E-state index contributed by atoms with van der Waals surface area (Å²) in [6, 6.07) is 8.46. The van der Waals surface area contributed by atoms with Crippen LogP contribution in [0.4, 0.5) is 14.5 Å². The maximum Gasteiger partial charge on any atom is 0.276 e. The SMILES string of the molecule is Cc1ccc(NC(=O)c2nn(-c3ccc(F)c(F)c3)c3c2CCC3)c(C(N)=O)c1. The van der Waals surface area contributed by atoms with Gasteiger partial charge in [-0.2, -0.15) is 5.10 Å². The fourth-order valence-electron chi connectivity index (χ4n) is 3.60. The van der Waals surface area contributed by atoms with Gasteiger partial charge in [-0.15, -0.1) is 0 Å². The Morgan fingerprint density at radius 3 is 2.62 bits per heavy atom. The van der Waals surface area contributed by atoms with E-state index >= 15 is 0 Å². The van der Waals surface area contributed by atoms with Crippen molar-refractivity contribution in [2.75, 3.05) is 5.32 Å². The summed E-state index contributed by atoms with van der Waals surface area (Å²) in [5.74, 6) is -3.08. The molecular weight excluding hydrogens is 378 g/mol. The van der Waals surface area contributed by atoms with Gasteiger partial charge in [-0.25, -0.2) is 13.5 Å². The predicted octanol–water partition coefficient (Wildman–Crippen LogP) is 3.30. The predicted molar refractivity (Wildman–Crippen MR) is 103 cm³/mol. The number of nitrogens with zero attached hydrogens (tertiary/aromatic N) is 2. The first-order chi connectivity index (χ1) is 13.8. The first-order valence-electron chi connectivity index (χ1n) is 9.13. The van der Waals surface area contributed by atoms with Crippen LogP contribution in [0.15, 0.2) is 36.4 Å². The zero-order valence-corrected chi connectivity index (χ0v) is 15.6. The van der Waals surface area contributed by atoms with E-state index < -0.39 is 23.4 Å². The highest BCUT2D eigenvalue weighted by Gasteiger charge is 2.28. The highest BCUT2D eigenvalue weighted by molar-refractivity contribution is 6.08. The Labute approximate surface area is 165 Å². The Morgan fingerprint density at radius 2 is 1.90 bits per heavy atom. The number of aromatic nitrogens is 2. The summed E-state index contributed by atoms with van der Waals surface area (Å²) in [7, 11) is 0. The maximum atomic E-state index is 13.7. The Balaban J connectivity index is 1.72. The van der Waals surface area contributed by atoms with Crippen molar-refractivity contribution in [1.82, 2.24) is 9.78 Å². The molecule has 2 amide bonds. The fourth-order valence-corrected chi connectivity index (χ4v) is 3.60. The quantitative estimate of drug-likeness (QED) is 0.709. The number of amides is 2. The van der Waals surface area contributed by atoms with Crippen LogP contribution in [0.1, 0.15) is 44.1 Å². The average Bonchev–Trinajstić information content (AvgIpc) is 3.28. The van der Waals surface area contributed by atoms with Crippen molar-refractivity contribution in [1.29, 1.82) is 0 Å². The molecule has 3 N–H and O–H groups in total. The van der Waals surface area contributed by atoms with Crippen LogP contribution in [0.5, 0.6) is 0 Å². The third-order valence-electron chi connectivity index (χ3n) is 4.98. The van der Waals surface area contributed by atoms with E-state index in [-0.39, 0.29) is 11.3 Å². The van der Waals surface area contributed by atoms with E-state index in [2.05, 4.69) is 10.4 Å². The Morgan fingerprint density at radius 1 is 1.10 bits per heavy atom. The minimum absolute atomic E-state index is 0.193. The zero-order chi connectivity index (χ0) is 20.7. The molecule has 0 spiro atoms. The molecule has 0 fully saturated rings. The topological polar surface area (TPSA) is 90.0 Å². The number of anilines is 1. The molecule has 1 aromatic heterocycles. The molecule has 1 aliphatic carbocycles. The smallest absolute Gasteiger partial charge is 0.276 e. The number of nitrogens with one attached hydrogen (secondary N) is 1. The molecule has 4 rings (SSSR count). The van der Waals surface area contributed by atoms with Crippen molar-refractivity contribution in [3.8, 4) is 5.69 Å². The van der Waals surface area contributed by atoms with Gasteiger partial charge in [0.15, 0.2) is 17.3 Å². The molecule has 3 aromatic rings. The van der Waals surface area contributed by atoms with Crippen LogP contribution in [0.25, 0.3) is 5.69 Å². The van der Waals surface area contributed by atoms with Crippen LogP contribution in [-0.4, -0.2) is 21.6 Å². The molecule has 1 heterocycles. The van der Waals surface area contributed by atoms with Gasteiger partial charge in [0.2, 0.25) is 0 Å². The van der Waals surface area contributed by atoms with Crippen molar-refractivity contribution < 1.29 is 18.4 Å². The number of carbonyl (C=O) groups is 2.